The fourth-order valence-corrected chi connectivity index (χ4v) is 3.38. The molecule has 0 saturated carbocycles. The number of piperazine rings is 1. The van der Waals surface area contributed by atoms with Gasteiger partial charge in [0.15, 0.2) is 0 Å². The van der Waals surface area contributed by atoms with Crippen LogP contribution in [0.3, 0.4) is 0 Å². The van der Waals surface area contributed by atoms with E-state index in [0.717, 1.165) is 31.7 Å². The molecule has 1 aliphatic rings. The number of nitrogens with zero attached hydrogens (tertiary/aromatic N) is 2. The Morgan fingerprint density at radius 3 is 2.36 bits per heavy atom. The van der Waals surface area contributed by atoms with Gasteiger partial charge < -0.3 is 10.2 Å². The molecule has 0 aromatic heterocycles. The Kier molecular flexibility index (Phi) is 5.95. The topological polar surface area (TPSA) is 35.6 Å². The van der Waals surface area contributed by atoms with E-state index in [9.17, 15) is 4.79 Å². The normalized spacial score (nSPS) is 16.5. The van der Waals surface area contributed by atoms with Gasteiger partial charge in [0.05, 0.1) is 0 Å². The number of halogens is 1. The average molecular weight is 358 g/mol. The van der Waals surface area contributed by atoms with Crippen LogP contribution in [0.4, 0.5) is 4.79 Å². The van der Waals surface area contributed by atoms with E-state index in [0.29, 0.717) is 17.6 Å². The van der Waals surface area contributed by atoms with Gasteiger partial charge in [0.1, 0.15) is 0 Å². The van der Waals surface area contributed by atoms with E-state index in [1.807, 2.05) is 35.2 Å². The van der Waals surface area contributed by atoms with E-state index < -0.39 is 0 Å². The Hall–Kier alpha value is -2.04. The number of hydrogen-bond acceptors (Lipinski definition) is 2. The van der Waals surface area contributed by atoms with E-state index in [4.69, 9.17) is 11.6 Å². The first-order valence-electron chi connectivity index (χ1n) is 8.70. The van der Waals surface area contributed by atoms with Gasteiger partial charge in [-0.25, -0.2) is 4.79 Å². The lowest BCUT2D eigenvalue weighted by atomic mass is 10.1. The molecule has 0 bridgehead atoms. The zero-order chi connectivity index (χ0) is 17.6. The van der Waals surface area contributed by atoms with Crippen LogP contribution in [0, 0.1) is 0 Å². The Bertz CT molecular complexity index is 699. The van der Waals surface area contributed by atoms with Crippen molar-refractivity contribution in [2.24, 2.45) is 0 Å². The first-order chi connectivity index (χ1) is 12.1. The summed E-state index contributed by atoms with van der Waals surface area (Å²) in [6.07, 6.45) is 0. The van der Waals surface area contributed by atoms with Crippen molar-refractivity contribution in [3.8, 4) is 0 Å². The fourth-order valence-electron chi connectivity index (χ4n) is 3.18. The number of urea groups is 1. The predicted molar refractivity (Wildman–Crippen MR) is 102 cm³/mol. The molecule has 0 radical (unpaired) electrons. The van der Waals surface area contributed by atoms with Crippen LogP contribution in [0.2, 0.25) is 5.02 Å². The van der Waals surface area contributed by atoms with Crippen LogP contribution in [0.25, 0.3) is 0 Å². The molecular formula is C20H24ClN3O. The van der Waals surface area contributed by atoms with E-state index in [2.05, 4.69) is 41.4 Å². The first kappa shape index (κ1) is 17.8. The zero-order valence-electron chi connectivity index (χ0n) is 14.5. The number of rotatable bonds is 4. The van der Waals surface area contributed by atoms with Crippen LogP contribution >= 0.6 is 11.6 Å². The largest absolute Gasteiger partial charge is 0.334 e. The molecule has 2 amide bonds. The molecule has 1 N–H and O–H groups in total. The van der Waals surface area contributed by atoms with Gasteiger partial charge in [0.2, 0.25) is 0 Å². The van der Waals surface area contributed by atoms with Crippen molar-refractivity contribution in [3.05, 3.63) is 70.7 Å². The maximum atomic E-state index is 12.4. The minimum atomic E-state index is -0.0214. The van der Waals surface area contributed by atoms with Gasteiger partial charge in [-0.1, -0.05) is 60.1 Å². The van der Waals surface area contributed by atoms with Gasteiger partial charge in [-0.3, -0.25) is 4.90 Å². The Morgan fingerprint density at radius 1 is 1.04 bits per heavy atom. The molecule has 1 unspecified atom stereocenters. The van der Waals surface area contributed by atoms with Crippen LogP contribution in [-0.4, -0.2) is 42.0 Å². The highest BCUT2D eigenvalue weighted by Gasteiger charge is 2.24. The second-order valence-electron chi connectivity index (χ2n) is 6.36. The number of benzene rings is 2. The lowest BCUT2D eigenvalue weighted by Gasteiger charge is -2.38. The fraction of sp³-hybridized carbons (Fsp3) is 0.350. The van der Waals surface area contributed by atoms with Crippen molar-refractivity contribution < 1.29 is 4.79 Å². The van der Waals surface area contributed by atoms with Crippen LogP contribution in [0.15, 0.2) is 54.6 Å². The zero-order valence-corrected chi connectivity index (χ0v) is 15.2. The molecule has 0 aliphatic carbocycles. The monoisotopic (exact) mass is 357 g/mol. The average Bonchev–Trinajstić information content (AvgIpc) is 2.67. The summed E-state index contributed by atoms with van der Waals surface area (Å²) < 4.78 is 0. The highest BCUT2D eigenvalue weighted by Crippen LogP contribution is 2.21. The Balaban J connectivity index is 1.48. The summed E-state index contributed by atoms with van der Waals surface area (Å²) in [6, 6.07) is 18.4. The maximum Gasteiger partial charge on any atom is 0.317 e. The Labute approximate surface area is 154 Å². The van der Waals surface area contributed by atoms with Gasteiger partial charge in [-0.2, -0.15) is 0 Å². The van der Waals surface area contributed by atoms with Crippen molar-refractivity contribution in [1.29, 1.82) is 0 Å². The van der Waals surface area contributed by atoms with Crippen LogP contribution < -0.4 is 5.32 Å². The molecule has 25 heavy (non-hydrogen) atoms. The van der Waals surface area contributed by atoms with E-state index in [-0.39, 0.29) is 6.03 Å². The van der Waals surface area contributed by atoms with Crippen molar-refractivity contribution in [2.45, 2.75) is 19.5 Å². The number of hydrogen-bond donors (Lipinski definition) is 1. The highest BCUT2D eigenvalue weighted by molar-refractivity contribution is 6.31. The standard InChI is InChI=1S/C20H24ClN3O/c1-16(17-7-3-2-4-8-17)23-11-13-24(14-12-23)20(25)22-15-18-9-5-6-10-19(18)21/h2-10,16H,11-15H2,1H3,(H,22,25). The number of nitrogens with one attached hydrogen (secondary N) is 1. The van der Waals surface area contributed by atoms with Gasteiger partial charge in [0.25, 0.3) is 0 Å². The second-order valence-corrected chi connectivity index (χ2v) is 6.77. The van der Waals surface area contributed by atoms with Crippen LogP contribution in [0.5, 0.6) is 0 Å². The maximum absolute atomic E-state index is 12.4. The lowest BCUT2D eigenvalue weighted by molar-refractivity contribution is 0.114. The molecule has 1 heterocycles. The molecule has 1 saturated heterocycles. The molecular weight excluding hydrogens is 334 g/mol. The number of amides is 2. The minimum absolute atomic E-state index is 0.0214. The van der Waals surface area contributed by atoms with Crippen molar-refractivity contribution in [1.82, 2.24) is 15.1 Å². The van der Waals surface area contributed by atoms with Crippen LogP contribution in [0.1, 0.15) is 24.1 Å². The molecule has 2 aromatic carbocycles. The molecule has 1 aliphatic heterocycles. The van der Waals surface area contributed by atoms with Gasteiger partial charge in [-0.05, 0) is 24.1 Å². The third kappa shape index (κ3) is 4.53. The molecule has 5 heteroatoms. The summed E-state index contributed by atoms with van der Waals surface area (Å²) in [5.41, 5.74) is 2.26. The minimum Gasteiger partial charge on any atom is -0.334 e. The number of carbonyl (C=O) groups excluding carboxylic acids is 1. The summed E-state index contributed by atoms with van der Waals surface area (Å²) in [4.78, 5) is 16.7. The summed E-state index contributed by atoms with van der Waals surface area (Å²) >= 11 is 6.13. The van der Waals surface area contributed by atoms with Crippen molar-refractivity contribution in [3.63, 3.8) is 0 Å². The molecule has 4 nitrogen and oxygen atoms in total. The van der Waals surface area contributed by atoms with Gasteiger partial charge in [-0.15, -0.1) is 0 Å². The summed E-state index contributed by atoms with van der Waals surface area (Å²) in [5, 5.41) is 3.65. The lowest BCUT2D eigenvalue weighted by Crippen LogP contribution is -2.52. The SMILES string of the molecule is CC(c1ccccc1)N1CCN(C(=O)NCc2ccccc2Cl)CC1. The van der Waals surface area contributed by atoms with E-state index >= 15 is 0 Å². The smallest absolute Gasteiger partial charge is 0.317 e. The molecule has 0 spiro atoms. The number of carbonyl (C=O) groups is 1. The predicted octanol–water partition coefficient (Wildman–Crippen LogP) is 3.93. The Morgan fingerprint density at radius 2 is 1.68 bits per heavy atom. The van der Waals surface area contributed by atoms with E-state index in [1.165, 1.54) is 5.56 Å². The van der Waals surface area contributed by atoms with Crippen molar-refractivity contribution >= 4 is 17.6 Å². The quantitative estimate of drug-likeness (QED) is 0.899. The summed E-state index contributed by atoms with van der Waals surface area (Å²) in [5.74, 6) is 0. The highest BCUT2D eigenvalue weighted by atomic mass is 35.5. The van der Waals surface area contributed by atoms with Gasteiger partial charge in [0, 0.05) is 43.8 Å². The molecule has 1 fully saturated rings. The van der Waals surface area contributed by atoms with Gasteiger partial charge >= 0.3 is 6.03 Å². The van der Waals surface area contributed by atoms with E-state index in [1.54, 1.807) is 0 Å². The molecule has 132 valence electrons. The third-order valence-electron chi connectivity index (χ3n) is 4.82. The summed E-state index contributed by atoms with van der Waals surface area (Å²) in [6.45, 7) is 5.93. The molecule has 2 aromatic rings. The second kappa shape index (κ2) is 8.37. The van der Waals surface area contributed by atoms with Crippen molar-refractivity contribution in [2.75, 3.05) is 26.2 Å². The summed E-state index contributed by atoms with van der Waals surface area (Å²) in [7, 11) is 0. The van der Waals surface area contributed by atoms with Crippen LogP contribution in [-0.2, 0) is 6.54 Å². The first-order valence-corrected chi connectivity index (χ1v) is 9.08. The molecule has 1 atom stereocenters. The molecule has 3 rings (SSSR count). The third-order valence-corrected chi connectivity index (χ3v) is 5.19.